The van der Waals surface area contributed by atoms with Gasteiger partial charge in [-0.15, -0.1) is 0 Å². The van der Waals surface area contributed by atoms with E-state index in [-0.39, 0.29) is 11.2 Å². The molecule has 0 amide bonds. The molecule has 0 aliphatic carbocycles. The van der Waals surface area contributed by atoms with E-state index in [1.807, 2.05) is 20.8 Å². The van der Waals surface area contributed by atoms with Crippen molar-refractivity contribution in [1.29, 1.82) is 0 Å². The highest BCUT2D eigenvalue weighted by Gasteiger charge is 2.24. The van der Waals surface area contributed by atoms with E-state index >= 15 is 0 Å². The van der Waals surface area contributed by atoms with Crippen molar-refractivity contribution in [1.82, 2.24) is 0 Å². The number of hydrogen-bond acceptors (Lipinski definition) is 4. The summed E-state index contributed by atoms with van der Waals surface area (Å²) in [4.78, 5) is 11.7. The van der Waals surface area contributed by atoms with E-state index in [4.69, 9.17) is 9.05 Å². The summed E-state index contributed by atoms with van der Waals surface area (Å²) in [6.07, 6.45) is 2.35. The first kappa shape index (κ1) is 17.8. The topological polar surface area (TPSA) is 52.6 Å². The Hall–Kier alpha value is -0.180. The van der Waals surface area contributed by atoms with Crippen LogP contribution in [-0.2, 0) is 18.4 Å². The zero-order chi connectivity index (χ0) is 14.2. The van der Waals surface area contributed by atoms with E-state index in [0.717, 1.165) is 6.42 Å². The number of Topliss-reactive ketones (excluding diaryl/α,β-unsaturated/α-hetero) is 1. The van der Waals surface area contributed by atoms with E-state index in [2.05, 4.69) is 0 Å². The van der Waals surface area contributed by atoms with Crippen LogP contribution in [0.1, 0.15) is 53.9 Å². The van der Waals surface area contributed by atoms with Gasteiger partial charge in [-0.1, -0.05) is 20.8 Å². The number of ketones is 1. The van der Waals surface area contributed by atoms with Gasteiger partial charge in [0, 0.05) is 11.8 Å². The highest BCUT2D eigenvalue weighted by Crippen LogP contribution is 2.48. The Morgan fingerprint density at radius 2 is 1.56 bits per heavy atom. The van der Waals surface area contributed by atoms with Gasteiger partial charge in [0.05, 0.1) is 19.4 Å². The first-order valence-corrected chi connectivity index (χ1v) is 8.39. The predicted octanol–water partition coefficient (Wildman–Crippen LogP) is 4.04. The lowest BCUT2D eigenvalue weighted by Crippen LogP contribution is -2.19. The van der Waals surface area contributed by atoms with E-state index in [1.165, 1.54) is 0 Å². The van der Waals surface area contributed by atoms with E-state index in [0.29, 0.717) is 32.2 Å². The molecule has 0 bridgehead atoms. The Morgan fingerprint density at radius 1 is 1.06 bits per heavy atom. The van der Waals surface area contributed by atoms with Crippen LogP contribution in [0, 0.1) is 5.41 Å². The number of hydrogen-bond donors (Lipinski definition) is 0. The van der Waals surface area contributed by atoms with Crippen molar-refractivity contribution < 1.29 is 18.4 Å². The van der Waals surface area contributed by atoms with E-state index in [9.17, 15) is 9.36 Å². The monoisotopic (exact) mass is 278 g/mol. The van der Waals surface area contributed by atoms with Crippen LogP contribution in [0.5, 0.6) is 0 Å². The highest BCUT2D eigenvalue weighted by molar-refractivity contribution is 7.53. The van der Waals surface area contributed by atoms with Crippen LogP contribution in [0.3, 0.4) is 0 Å². The molecule has 0 aromatic rings. The molecule has 108 valence electrons. The number of carbonyl (C=O) groups is 1. The summed E-state index contributed by atoms with van der Waals surface area (Å²) in [7, 11) is -2.93. The highest BCUT2D eigenvalue weighted by atomic mass is 31.2. The molecular weight excluding hydrogens is 251 g/mol. The first-order valence-electron chi connectivity index (χ1n) is 6.66. The summed E-state index contributed by atoms with van der Waals surface area (Å²) in [5.74, 6) is 0.241. The lowest BCUT2D eigenvalue weighted by molar-refractivity contribution is -0.126. The summed E-state index contributed by atoms with van der Waals surface area (Å²) in [5, 5.41) is 0. The Kier molecular flexibility index (Phi) is 8.00. The molecule has 0 aromatic heterocycles. The van der Waals surface area contributed by atoms with Crippen LogP contribution in [0.2, 0.25) is 0 Å². The SMILES string of the molecule is CCOP(=O)(CCCCC(=O)C(C)(C)C)OCC. The standard InChI is InChI=1S/C13H27O4P/c1-6-16-18(15,17-7-2)11-9-8-10-12(14)13(3,4)5/h6-11H2,1-5H3. The van der Waals surface area contributed by atoms with Gasteiger partial charge < -0.3 is 9.05 Å². The van der Waals surface area contributed by atoms with E-state index < -0.39 is 7.60 Å². The van der Waals surface area contributed by atoms with Crippen LogP contribution in [0.25, 0.3) is 0 Å². The minimum Gasteiger partial charge on any atom is -0.309 e. The van der Waals surface area contributed by atoms with Gasteiger partial charge in [0.25, 0.3) is 0 Å². The summed E-state index contributed by atoms with van der Waals surface area (Å²) in [6, 6.07) is 0. The second kappa shape index (κ2) is 8.08. The smallest absolute Gasteiger partial charge is 0.309 e. The predicted molar refractivity (Wildman–Crippen MR) is 74.0 cm³/mol. The van der Waals surface area contributed by atoms with Crippen LogP contribution in [0.4, 0.5) is 0 Å². The molecule has 0 saturated carbocycles. The normalized spacial score (nSPS) is 12.7. The second-order valence-electron chi connectivity index (χ2n) is 5.30. The van der Waals surface area contributed by atoms with Crippen molar-refractivity contribution in [2.45, 2.75) is 53.9 Å². The maximum Gasteiger partial charge on any atom is 0.330 e. The third-order valence-corrected chi connectivity index (χ3v) is 4.74. The Bertz CT molecular complexity index is 284. The molecule has 0 rings (SSSR count). The van der Waals surface area contributed by atoms with Crippen LogP contribution in [0.15, 0.2) is 0 Å². The Labute approximate surface area is 111 Å². The third-order valence-electron chi connectivity index (χ3n) is 2.57. The van der Waals surface area contributed by atoms with Crippen LogP contribution in [-0.4, -0.2) is 25.2 Å². The molecule has 0 unspecified atom stereocenters. The van der Waals surface area contributed by atoms with Gasteiger partial charge >= 0.3 is 7.60 Å². The number of rotatable bonds is 9. The zero-order valence-corrected chi connectivity index (χ0v) is 13.2. The quantitative estimate of drug-likeness (QED) is 0.472. The number of unbranched alkanes of at least 4 members (excludes halogenated alkanes) is 1. The van der Waals surface area contributed by atoms with Gasteiger partial charge in [0.15, 0.2) is 0 Å². The minimum atomic E-state index is -2.93. The molecule has 18 heavy (non-hydrogen) atoms. The van der Waals surface area contributed by atoms with Gasteiger partial charge in [-0.2, -0.15) is 0 Å². The summed E-state index contributed by atoms with van der Waals surface area (Å²) >= 11 is 0. The fourth-order valence-electron chi connectivity index (χ4n) is 1.53. The summed E-state index contributed by atoms with van der Waals surface area (Å²) < 4.78 is 22.5. The molecule has 0 saturated heterocycles. The van der Waals surface area contributed by atoms with Crippen molar-refractivity contribution in [2.75, 3.05) is 19.4 Å². The lowest BCUT2D eigenvalue weighted by Gasteiger charge is -2.18. The summed E-state index contributed by atoms with van der Waals surface area (Å²) in [6.45, 7) is 10.1. The fraction of sp³-hybridized carbons (Fsp3) is 0.923. The van der Waals surface area contributed by atoms with Crippen molar-refractivity contribution in [3.63, 3.8) is 0 Å². The molecule has 0 aromatic carbocycles. The Morgan fingerprint density at radius 3 is 1.94 bits per heavy atom. The van der Waals surface area contributed by atoms with Gasteiger partial charge in [0.2, 0.25) is 0 Å². The largest absolute Gasteiger partial charge is 0.330 e. The van der Waals surface area contributed by atoms with Gasteiger partial charge in [0.1, 0.15) is 5.78 Å². The van der Waals surface area contributed by atoms with Gasteiger partial charge in [-0.25, -0.2) is 0 Å². The maximum atomic E-state index is 12.1. The molecule has 0 aliphatic rings. The second-order valence-corrected chi connectivity index (χ2v) is 7.49. The van der Waals surface area contributed by atoms with E-state index in [1.54, 1.807) is 13.8 Å². The lowest BCUT2D eigenvalue weighted by atomic mass is 9.88. The number of carbonyl (C=O) groups excluding carboxylic acids is 1. The van der Waals surface area contributed by atoms with Gasteiger partial charge in [-0.3, -0.25) is 9.36 Å². The molecule has 0 radical (unpaired) electrons. The Balaban J connectivity index is 4.02. The molecular formula is C13H27O4P. The molecule has 5 heteroatoms. The van der Waals surface area contributed by atoms with Crippen molar-refractivity contribution in [2.24, 2.45) is 5.41 Å². The molecule has 4 nitrogen and oxygen atoms in total. The van der Waals surface area contributed by atoms with Crippen LogP contribution >= 0.6 is 7.60 Å². The van der Waals surface area contributed by atoms with Crippen LogP contribution < -0.4 is 0 Å². The molecule has 0 spiro atoms. The van der Waals surface area contributed by atoms with Crippen molar-refractivity contribution >= 4 is 13.4 Å². The molecule has 0 heterocycles. The molecule has 0 atom stereocenters. The minimum absolute atomic E-state index is 0.241. The average molecular weight is 278 g/mol. The van der Waals surface area contributed by atoms with Crippen molar-refractivity contribution in [3.05, 3.63) is 0 Å². The molecule has 0 aliphatic heterocycles. The maximum absolute atomic E-state index is 12.1. The van der Waals surface area contributed by atoms with Gasteiger partial charge in [-0.05, 0) is 26.7 Å². The fourth-order valence-corrected chi connectivity index (χ4v) is 3.26. The average Bonchev–Trinajstić information content (AvgIpc) is 2.23. The van der Waals surface area contributed by atoms with Crippen molar-refractivity contribution in [3.8, 4) is 0 Å². The molecule has 0 N–H and O–H groups in total. The molecule has 0 fully saturated rings. The first-order chi connectivity index (χ1) is 8.25. The third kappa shape index (κ3) is 7.30. The summed E-state index contributed by atoms with van der Waals surface area (Å²) in [5.41, 5.74) is -0.288. The zero-order valence-electron chi connectivity index (χ0n) is 12.3.